The second kappa shape index (κ2) is 8.47. The maximum absolute atomic E-state index is 2.37. The van der Waals surface area contributed by atoms with Crippen molar-refractivity contribution in [3.05, 3.63) is 144 Å². The monoisotopic (exact) mass is 436 g/mol. The molecule has 5 aromatic carbocycles. The molecule has 1 atom stereocenters. The van der Waals surface area contributed by atoms with Crippen LogP contribution in [0.3, 0.4) is 0 Å². The smallest absolute Gasteiger partial charge is 0.0259 e. The van der Waals surface area contributed by atoms with Crippen LogP contribution in [0.5, 0.6) is 0 Å². The molecule has 0 fully saturated rings. The number of hydrogen-bond acceptors (Lipinski definition) is 0. The van der Waals surface area contributed by atoms with E-state index in [2.05, 4.69) is 134 Å². The van der Waals surface area contributed by atoms with Gasteiger partial charge in [-0.1, -0.05) is 134 Å². The predicted molar refractivity (Wildman–Crippen MR) is 144 cm³/mol. The first-order valence-corrected chi connectivity index (χ1v) is 12.2. The zero-order chi connectivity index (χ0) is 23.0. The maximum atomic E-state index is 2.37. The summed E-state index contributed by atoms with van der Waals surface area (Å²) in [6.45, 7) is 2.36. The van der Waals surface area contributed by atoms with E-state index in [0.717, 1.165) is 12.8 Å². The van der Waals surface area contributed by atoms with Crippen molar-refractivity contribution in [2.45, 2.75) is 25.2 Å². The molecule has 1 aliphatic rings. The van der Waals surface area contributed by atoms with Crippen molar-refractivity contribution in [1.29, 1.82) is 0 Å². The Morgan fingerprint density at radius 1 is 0.500 bits per heavy atom. The molecule has 0 saturated heterocycles. The minimum absolute atomic E-state index is 0.0801. The average Bonchev–Trinajstić information content (AvgIpc) is 3.20. The third kappa shape index (κ3) is 3.22. The summed E-state index contributed by atoms with van der Waals surface area (Å²) in [5.41, 5.74) is 12.2. The van der Waals surface area contributed by atoms with Crippen molar-refractivity contribution in [3.63, 3.8) is 0 Å². The van der Waals surface area contributed by atoms with Gasteiger partial charge in [-0.2, -0.15) is 0 Å². The Morgan fingerprint density at radius 2 is 1.06 bits per heavy atom. The van der Waals surface area contributed by atoms with Crippen LogP contribution in [0.4, 0.5) is 0 Å². The van der Waals surface area contributed by atoms with E-state index in [4.69, 9.17) is 0 Å². The second-order valence-electron chi connectivity index (χ2n) is 9.29. The summed E-state index contributed by atoms with van der Waals surface area (Å²) >= 11 is 0. The second-order valence-corrected chi connectivity index (χ2v) is 9.29. The minimum Gasteiger partial charge on any atom is -0.0642 e. The van der Waals surface area contributed by atoms with Crippen molar-refractivity contribution in [2.75, 3.05) is 0 Å². The molecule has 0 bridgehead atoms. The zero-order valence-corrected chi connectivity index (χ0v) is 19.5. The van der Waals surface area contributed by atoms with Crippen LogP contribution in [0.2, 0.25) is 0 Å². The van der Waals surface area contributed by atoms with Crippen LogP contribution < -0.4 is 0 Å². The Balaban J connectivity index is 1.72. The number of hydrogen-bond donors (Lipinski definition) is 0. The number of fused-ring (bicyclic) bond motifs is 3. The van der Waals surface area contributed by atoms with Crippen LogP contribution in [-0.2, 0) is 11.8 Å². The van der Waals surface area contributed by atoms with Gasteiger partial charge < -0.3 is 0 Å². The van der Waals surface area contributed by atoms with E-state index >= 15 is 0 Å². The van der Waals surface area contributed by atoms with Gasteiger partial charge in [0.05, 0.1) is 0 Å². The highest BCUT2D eigenvalue weighted by molar-refractivity contribution is 5.96. The van der Waals surface area contributed by atoms with E-state index in [1.165, 1.54) is 50.1 Å². The molecule has 34 heavy (non-hydrogen) atoms. The van der Waals surface area contributed by atoms with E-state index in [0.29, 0.717) is 0 Å². The summed E-state index contributed by atoms with van der Waals surface area (Å²) in [4.78, 5) is 0. The molecule has 1 unspecified atom stereocenters. The molecule has 0 heteroatoms. The van der Waals surface area contributed by atoms with Gasteiger partial charge in [0.2, 0.25) is 0 Å². The van der Waals surface area contributed by atoms with Crippen LogP contribution >= 0.6 is 0 Å². The zero-order valence-electron chi connectivity index (χ0n) is 19.5. The molecule has 0 amide bonds. The maximum Gasteiger partial charge on any atom is 0.0259 e. The first-order chi connectivity index (χ1) is 16.8. The lowest BCUT2D eigenvalue weighted by Crippen LogP contribution is -2.28. The Morgan fingerprint density at radius 3 is 1.74 bits per heavy atom. The van der Waals surface area contributed by atoms with Crippen LogP contribution in [-0.4, -0.2) is 0 Å². The van der Waals surface area contributed by atoms with Crippen LogP contribution in [0, 0.1) is 0 Å². The lowest BCUT2D eigenvalue weighted by atomic mass is 9.68. The molecule has 164 valence electrons. The molecule has 0 heterocycles. The molecule has 0 spiro atoms. The molecular weight excluding hydrogens is 408 g/mol. The van der Waals surface area contributed by atoms with E-state index in [-0.39, 0.29) is 5.41 Å². The Kier molecular flexibility index (Phi) is 5.15. The van der Waals surface area contributed by atoms with Crippen LogP contribution in [0.1, 0.15) is 30.0 Å². The lowest BCUT2D eigenvalue weighted by Gasteiger charge is -2.34. The average molecular weight is 437 g/mol. The van der Waals surface area contributed by atoms with Gasteiger partial charge in [-0.3, -0.25) is 0 Å². The largest absolute Gasteiger partial charge is 0.0642 e. The van der Waals surface area contributed by atoms with Crippen LogP contribution in [0.15, 0.2) is 127 Å². The SMILES string of the molecule is CCC1(Cc2ccccc2)c2ccccc2-c2ccc(-c3ccccc3)c(-c3ccccc3)c21. The van der Waals surface area contributed by atoms with Crippen LogP contribution in [0.25, 0.3) is 33.4 Å². The summed E-state index contributed by atoms with van der Waals surface area (Å²) in [6, 6.07) is 46.6. The molecule has 1 aliphatic carbocycles. The van der Waals surface area contributed by atoms with E-state index in [1.807, 2.05) is 0 Å². The fourth-order valence-corrected chi connectivity index (χ4v) is 5.98. The van der Waals surface area contributed by atoms with Crippen molar-refractivity contribution in [3.8, 4) is 33.4 Å². The fraction of sp³-hybridized carbons (Fsp3) is 0.118. The standard InChI is InChI=1S/C34H28/c1-2-34(24-25-14-6-3-7-15-25)31-21-13-12-20-29(31)30-23-22-28(26-16-8-4-9-17-26)32(33(30)34)27-18-10-5-11-19-27/h3-23H,2,24H2,1H3. The quantitative estimate of drug-likeness (QED) is 0.258. The first kappa shape index (κ1) is 20.7. The number of benzene rings is 5. The molecule has 0 radical (unpaired) electrons. The summed E-state index contributed by atoms with van der Waals surface area (Å²) < 4.78 is 0. The van der Waals surface area contributed by atoms with E-state index in [1.54, 1.807) is 0 Å². The summed E-state index contributed by atoms with van der Waals surface area (Å²) in [5, 5.41) is 0. The van der Waals surface area contributed by atoms with Crippen molar-refractivity contribution in [1.82, 2.24) is 0 Å². The van der Waals surface area contributed by atoms with Gasteiger partial charge >= 0.3 is 0 Å². The summed E-state index contributed by atoms with van der Waals surface area (Å²) in [6.07, 6.45) is 2.04. The van der Waals surface area contributed by atoms with E-state index in [9.17, 15) is 0 Å². The Labute approximate surface area is 202 Å². The van der Waals surface area contributed by atoms with Gasteiger partial charge in [-0.05, 0) is 62.9 Å². The third-order valence-electron chi connectivity index (χ3n) is 7.52. The van der Waals surface area contributed by atoms with Gasteiger partial charge in [0, 0.05) is 5.41 Å². The highest BCUT2D eigenvalue weighted by atomic mass is 14.5. The first-order valence-electron chi connectivity index (χ1n) is 12.2. The topological polar surface area (TPSA) is 0 Å². The van der Waals surface area contributed by atoms with Crippen molar-refractivity contribution >= 4 is 0 Å². The molecule has 0 aliphatic heterocycles. The van der Waals surface area contributed by atoms with Crippen molar-refractivity contribution < 1.29 is 0 Å². The highest BCUT2D eigenvalue weighted by Gasteiger charge is 2.44. The van der Waals surface area contributed by atoms with Gasteiger partial charge in [0.25, 0.3) is 0 Å². The molecule has 0 saturated carbocycles. The Bertz CT molecular complexity index is 1430. The third-order valence-corrected chi connectivity index (χ3v) is 7.52. The Hall–Kier alpha value is -3.90. The molecule has 5 aromatic rings. The van der Waals surface area contributed by atoms with E-state index < -0.39 is 0 Å². The molecule has 6 rings (SSSR count). The molecule has 0 N–H and O–H groups in total. The van der Waals surface area contributed by atoms with Gasteiger partial charge in [-0.15, -0.1) is 0 Å². The number of rotatable bonds is 5. The fourth-order valence-electron chi connectivity index (χ4n) is 5.98. The minimum atomic E-state index is -0.0801. The lowest BCUT2D eigenvalue weighted by molar-refractivity contribution is 0.506. The summed E-state index contributed by atoms with van der Waals surface area (Å²) in [5.74, 6) is 0. The predicted octanol–water partition coefficient (Wildman–Crippen LogP) is 8.94. The summed E-state index contributed by atoms with van der Waals surface area (Å²) in [7, 11) is 0. The molecular formula is C34H28. The van der Waals surface area contributed by atoms with Crippen molar-refractivity contribution in [2.24, 2.45) is 0 Å². The van der Waals surface area contributed by atoms with Gasteiger partial charge in [0.1, 0.15) is 0 Å². The van der Waals surface area contributed by atoms with Gasteiger partial charge in [-0.25, -0.2) is 0 Å². The highest BCUT2D eigenvalue weighted by Crippen LogP contribution is 2.57. The normalized spacial score (nSPS) is 16.1. The van der Waals surface area contributed by atoms with Gasteiger partial charge in [0.15, 0.2) is 0 Å². The molecule has 0 nitrogen and oxygen atoms in total. The molecule has 0 aromatic heterocycles.